The van der Waals surface area contributed by atoms with Gasteiger partial charge in [0.1, 0.15) is 16.5 Å². The van der Waals surface area contributed by atoms with Gasteiger partial charge in [0.05, 0.1) is 5.69 Å². The van der Waals surface area contributed by atoms with Gasteiger partial charge in [0, 0.05) is 5.56 Å². The maximum absolute atomic E-state index is 12.0. The first-order valence-electron chi connectivity index (χ1n) is 6.09. The van der Waals surface area contributed by atoms with Crippen LogP contribution in [0.25, 0.3) is 11.3 Å². The molecule has 0 spiro atoms. The summed E-state index contributed by atoms with van der Waals surface area (Å²) < 4.78 is 0. The van der Waals surface area contributed by atoms with Crippen LogP contribution < -0.4 is 5.32 Å². The molecule has 0 fully saturated rings. The van der Waals surface area contributed by atoms with Crippen molar-refractivity contribution in [2.45, 2.75) is 6.92 Å². The fraction of sp³-hybridized carbons (Fsp3) is 0.0769. The number of nitrogens with one attached hydrogen (secondary N) is 2. The van der Waals surface area contributed by atoms with Gasteiger partial charge >= 0.3 is 0 Å². The second-order valence-electron chi connectivity index (χ2n) is 4.26. The summed E-state index contributed by atoms with van der Waals surface area (Å²) in [5, 5.41) is 27.9. The van der Waals surface area contributed by atoms with Crippen LogP contribution in [0.2, 0.25) is 0 Å². The third-order valence-electron chi connectivity index (χ3n) is 2.75. The number of H-pyrrole nitrogens is 1. The molecule has 1 amide bonds. The van der Waals surface area contributed by atoms with Crippen LogP contribution in [0.3, 0.4) is 0 Å². The van der Waals surface area contributed by atoms with Crippen LogP contribution in [0.4, 0.5) is 5.13 Å². The SMILES string of the molecule is Cc1nnc(NC(=O)c2cc(-c3ccccc3O)n[nH]2)s1. The molecule has 0 saturated carbocycles. The predicted octanol–water partition coefficient (Wildman–Crippen LogP) is 2.19. The van der Waals surface area contributed by atoms with E-state index in [1.807, 2.05) is 0 Å². The molecule has 7 nitrogen and oxygen atoms in total. The molecule has 21 heavy (non-hydrogen) atoms. The van der Waals surface area contributed by atoms with E-state index < -0.39 is 0 Å². The highest BCUT2D eigenvalue weighted by molar-refractivity contribution is 7.15. The monoisotopic (exact) mass is 301 g/mol. The number of carbonyl (C=O) groups is 1. The molecule has 8 heteroatoms. The topological polar surface area (TPSA) is 104 Å². The molecule has 2 heterocycles. The number of rotatable bonds is 3. The van der Waals surface area contributed by atoms with E-state index in [1.165, 1.54) is 11.3 Å². The molecular weight excluding hydrogens is 290 g/mol. The first-order valence-corrected chi connectivity index (χ1v) is 6.90. The number of phenols is 1. The molecular formula is C13H11N5O2S. The Labute approximate surface area is 123 Å². The second kappa shape index (κ2) is 5.33. The number of aryl methyl sites for hydroxylation is 1. The summed E-state index contributed by atoms with van der Waals surface area (Å²) in [4.78, 5) is 12.0. The summed E-state index contributed by atoms with van der Waals surface area (Å²) in [7, 11) is 0. The van der Waals surface area contributed by atoms with Crippen molar-refractivity contribution >= 4 is 22.4 Å². The molecule has 106 valence electrons. The van der Waals surface area contributed by atoms with E-state index in [9.17, 15) is 9.90 Å². The van der Waals surface area contributed by atoms with E-state index in [0.29, 0.717) is 16.4 Å². The van der Waals surface area contributed by atoms with Crippen molar-refractivity contribution in [3.63, 3.8) is 0 Å². The van der Waals surface area contributed by atoms with E-state index in [0.717, 1.165) is 5.01 Å². The lowest BCUT2D eigenvalue weighted by Gasteiger charge is -1.98. The lowest BCUT2D eigenvalue weighted by Crippen LogP contribution is -2.12. The number of hydrogen-bond acceptors (Lipinski definition) is 6. The second-order valence-corrected chi connectivity index (χ2v) is 5.45. The van der Waals surface area contributed by atoms with E-state index >= 15 is 0 Å². The summed E-state index contributed by atoms with van der Waals surface area (Å²) in [6.45, 7) is 1.81. The molecule has 0 radical (unpaired) electrons. The van der Waals surface area contributed by atoms with E-state index in [1.54, 1.807) is 37.3 Å². The van der Waals surface area contributed by atoms with E-state index in [-0.39, 0.29) is 17.4 Å². The minimum Gasteiger partial charge on any atom is -0.507 e. The Morgan fingerprint density at radius 1 is 1.33 bits per heavy atom. The van der Waals surface area contributed by atoms with E-state index in [4.69, 9.17) is 0 Å². The predicted molar refractivity (Wildman–Crippen MR) is 78.3 cm³/mol. The molecule has 0 saturated heterocycles. The number of aromatic hydroxyl groups is 1. The molecule has 0 aliphatic rings. The standard InChI is InChI=1S/C13H11N5O2S/c1-7-15-18-13(21-7)14-12(20)10-6-9(16-17-10)8-4-2-3-5-11(8)19/h2-6,19H,1H3,(H,16,17)(H,14,18,20). The lowest BCUT2D eigenvalue weighted by molar-refractivity contribution is 0.102. The van der Waals surface area contributed by atoms with Crippen molar-refractivity contribution in [2.24, 2.45) is 0 Å². The van der Waals surface area contributed by atoms with Gasteiger partial charge in [0.2, 0.25) is 5.13 Å². The van der Waals surface area contributed by atoms with Crippen molar-refractivity contribution in [2.75, 3.05) is 5.32 Å². The highest BCUT2D eigenvalue weighted by atomic mass is 32.1. The van der Waals surface area contributed by atoms with Crippen molar-refractivity contribution in [1.29, 1.82) is 0 Å². The number of nitrogens with zero attached hydrogens (tertiary/aromatic N) is 3. The minimum atomic E-state index is -0.361. The first-order chi connectivity index (χ1) is 10.1. The number of hydrogen-bond donors (Lipinski definition) is 3. The molecule has 3 rings (SSSR count). The molecule has 0 atom stereocenters. The molecule has 2 aromatic heterocycles. The van der Waals surface area contributed by atoms with Crippen LogP contribution in [0.1, 0.15) is 15.5 Å². The average molecular weight is 301 g/mol. The molecule has 0 unspecified atom stereocenters. The molecule has 0 aliphatic heterocycles. The smallest absolute Gasteiger partial charge is 0.275 e. The van der Waals surface area contributed by atoms with Gasteiger partial charge in [-0.05, 0) is 25.1 Å². The Balaban J connectivity index is 1.82. The van der Waals surface area contributed by atoms with Crippen LogP contribution in [0.5, 0.6) is 5.75 Å². The highest BCUT2D eigenvalue weighted by Gasteiger charge is 2.14. The van der Waals surface area contributed by atoms with Crippen LogP contribution in [-0.4, -0.2) is 31.4 Å². The zero-order valence-corrected chi connectivity index (χ0v) is 11.8. The maximum atomic E-state index is 12.0. The number of phenolic OH excluding ortho intramolecular Hbond substituents is 1. The Morgan fingerprint density at radius 3 is 2.86 bits per heavy atom. The van der Waals surface area contributed by atoms with Crippen LogP contribution in [-0.2, 0) is 0 Å². The number of anilines is 1. The number of carbonyl (C=O) groups excluding carboxylic acids is 1. The number of amides is 1. The van der Waals surface area contributed by atoms with Crippen LogP contribution in [0.15, 0.2) is 30.3 Å². The normalized spacial score (nSPS) is 10.5. The van der Waals surface area contributed by atoms with Gasteiger partial charge in [-0.25, -0.2) is 0 Å². The Kier molecular flexibility index (Phi) is 3.36. The van der Waals surface area contributed by atoms with Crippen molar-refractivity contribution in [3.8, 4) is 17.0 Å². The maximum Gasteiger partial charge on any atom is 0.275 e. The first kappa shape index (κ1) is 13.3. The summed E-state index contributed by atoms with van der Waals surface area (Å²) in [6, 6.07) is 8.36. The van der Waals surface area contributed by atoms with Crippen molar-refractivity contribution < 1.29 is 9.90 Å². The fourth-order valence-electron chi connectivity index (χ4n) is 1.78. The Bertz CT molecular complexity index is 795. The molecule has 1 aromatic carbocycles. The van der Waals surface area contributed by atoms with Crippen LogP contribution in [0, 0.1) is 6.92 Å². The largest absolute Gasteiger partial charge is 0.507 e. The van der Waals surface area contributed by atoms with Gasteiger partial charge in [-0.1, -0.05) is 23.5 Å². The van der Waals surface area contributed by atoms with Gasteiger partial charge < -0.3 is 5.11 Å². The average Bonchev–Trinajstić information content (AvgIpc) is 3.09. The number of aromatic amines is 1. The molecule has 3 N–H and O–H groups in total. The quantitative estimate of drug-likeness (QED) is 0.688. The lowest BCUT2D eigenvalue weighted by atomic mass is 10.1. The summed E-state index contributed by atoms with van der Waals surface area (Å²) in [6.07, 6.45) is 0. The number of aromatic nitrogens is 4. The van der Waals surface area contributed by atoms with Gasteiger partial charge in [-0.3, -0.25) is 15.2 Å². The Hall–Kier alpha value is -2.74. The zero-order valence-electron chi connectivity index (χ0n) is 11.0. The summed E-state index contributed by atoms with van der Waals surface area (Å²) in [5.41, 5.74) is 1.33. The van der Waals surface area contributed by atoms with Gasteiger partial charge in [0.25, 0.3) is 5.91 Å². The van der Waals surface area contributed by atoms with Gasteiger partial charge in [0.15, 0.2) is 0 Å². The van der Waals surface area contributed by atoms with Gasteiger partial charge in [-0.15, -0.1) is 10.2 Å². The summed E-state index contributed by atoms with van der Waals surface area (Å²) >= 11 is 1.29. The molecule has 0 aliphatic carbocycles. The summed E-state index contributed by atoms with van der Waals surface area (Å²) in [5.74, 6) is -0.254. The molecule has 0 bridgehead atoms. The van der Waals surface area contributed by atoms with Crippen molar-refractivity contribution in [3.05, 3.63) is 41.0 Å². The highest BCUT2D eigenvalue weighted by Crippen LogP contribution is 2.27. The zero-order chi connectivity index (χ0) is 14.8. The van der Waals surface area contributed by atoms with Gasteiger partial charge in [-0.2, -0.15) is 5.10 Å². The minimum absolute atomic E-state index is 0.107. The molecule has 3 aromatic rings. The number of benzene rings is 1. The van der Waals surface area contributed by atoms with E-state index in [2.05, 4.69) is 25.7 Å². The Morgan fingerprint density at radius 2 is 2.14 bits per heavy atom. The van der Waals surface area contributed by atoms with Crippen molar-refractivity contribution in [1.82, 2.24) is 20.4 Å². The third-order valence-corrected chi connectivity index (χ3v) is 3.50. The third kappa shape index (κ3) is 2.75. The fourth-order valence-corrected chi connectivity index (χ4v) is 2.36. The number of para-hydroxylation sites is 1. The van der Waals surface area contributed by atoms with Crippen LogP contribution >= 0.6 is 11.3 Å².